The number of amides is 2. The monoisotopic (exact) mass is 517 g/mol. The van der Waals surface area contributed by atoms with Gasteiger partial charge < -0.3 is 30.5 Å². The van der Waals surface area contributed by atoms with Crippen LogP contribution >= 0.6 is 0 Å². The number of carbonyl (C=O) groups is 4. The molecule has 2 fully saturated rings. The largest absolute Gasteiger partial charge is 0.478 e. The number of likely N-dealkylation sites (tertiary alicyclic amines) is 2. The van der Waals surface area contributed by atoms with E-state index in [2.05, 4.69) is 4.74 Å². The molecule has 2 aliphatic heterocycles. The summed E-state index contributed by atoms with van der Waals surface area (Å²) in [5.41, 5.74) is 5.86. The number of aliphatic carboxylic acids is 1. The fourth-order valence-electron chi connectivity index (χ4n) is 4.12. The Balaban J connectivity index is 0.000000625. The van der Waals surface area contributed by atoms with Crippen molar-refractivity contribution in [3.05, 3.63) is 47.5 Å². The van der Waals surface area contributed by atoms with Gasteiger partial charge in [0, 0.05) is 44.1 Å². The number of hydrogen-bond acceptors (Lipinski definition) is 7. The van der Waals surface area contributed by atoms with E-state index in [-0.39, 0.29) is 56.1 Å². The molecule has 1 aromatic rings. The van der Waals surface area contributed by atoms with Gasteiger partial charge in [0.15, 0.2) is 11.6 Å². The van der Waals surface area contributed by atoms with Gasteiger partial charge in [-0.3, -0.25) is 14.4 Å². The summed E-state index contributed by atoms with van der Waals surface area (Å²) in [4.78, 5) is 46.4. The van der Waals surface area contributed by atoms with E-state index < -0.39 is 36.1 Å². The van der Waals surface area contributed by atoms with E-state index in [1.807, 2.05) is 0 Å². The quantitative estimate of drug-likeness (QED) is 0.198. The van der Waals surface area contributed by atoms with E-state index in [1.54, 1.807) is 9.80 Å². The van der Waals surface area contributed by atoms with Crippen LogP contribution in [0.2, 0.25) is 0 Å². The summed E-state index contributed by atoms with van der Waals surface area (Å²) < 4.78 is 43.9. The van der Waals surface area contributed by atoms with Crippen molar-refractivity contribution in [3.8, 4) is 0 Å². The number of carboxylic acids is 1. The van der Waals surface area contributed by atoms with Crippen LogP contribution < -0.4 is 5.73 Å². The van der Waals surface area contributed by atoms with E-state index in [4.69, 9.17) is 15.9 Å². The molecule has 3 atom stereocenters. The molecule has 2 heterocycles. The van der Waals surface area contributed by atoms with Gasteiger partial charge in [-0.05, 0) is 24.5 Å². The third-order valence-electron chi connectivity index (χ3n) is 5.71. The lowest BCUT2D eigenvalue weighted by atomic mass is 10.0. The lowest BCUT2D eigenvalue weighted by Crippen LogP contribution is -2.43. The van der Waals surface area contributed by atoms with Crippen molar-refractivity contribution in [3.63, 3.8) is 0 Å². The van der Waals surface area contributed by atoms with Gasteiger partial charge in [0.1, 0.15) is 18.7 Å². The van der Waals surface area contributed by atoms with Crippen molar-refractivity contribution >= 4 is 24.3 Å². The van der Waals surface area contributed by atoms with Gasteiger partial charge in [0.05, 0.1) is 12.1 Å². The van der Waals surface area contributed by atoms with Crippen LogP contribution in [0.1, 0.15) is 25.8 Å². The number of halogens is 3. The Hall–Kier alpha value is -3.45. The SMILES string of the molecule is C.N[C@@H](CC(=O)N1CC[C@H]2CN(C(=O)CO)C[C@H]21)Cc1cc(F)c(F)cc1F.O=CO/C=C/C(=O)O. The van der Waals surface area contributed by atoms with Gasteiger partial charge in [0.2, 0.25) is 11.8 Å². The van der Waals surface area contributed by atoms with Gasteiger partial charge in [-0.25, -0.2) is 18.0 Å². The average molecular weight is 518 g/mol. The molecule has 2 aliphatic rings. The van der Waals surface area contributed by atoms with Gasteiger partial charge in [-0.15, -0.1) is 0 Å². The van der Waals surface area contributed by atoms with Crippen molar-refractivity contribution in [2.75, 3.05) is 26.2 Å². The highest BCUT2D eigenvalue weighted by molar-refractivity contribution is 5.80. The standard InChI is InChI=1S/C18H22F3N3O3.C4H4O4.CH4/c19-13-6-15(21)14(20)4-11(13)3-12(22)5-17(26)24-2-1-10-7-23(8-16(10)24)18(27)9-25;5-3-8-2-1-4(6)7;/h4,6,10,12,16,25H,1-3,5,7-9,22H2;1-3H,(H,6,7);1H4/b;2-1+;/t10-,12+,16+;;/m0../s1. The van der Waals surface area contributed by atoms with Crippen LogP contribution in [0.5, 0.6) is 0 Å². The summed E-state index contributed by atoms with van der Waals surface area (Å²) in [5.74, 6) is -4.87. The van der Waals surface area contributed by atoms with Gasteiger partial charge in [-0.2, -0.15) is 0 Å². The molecule has 0 saturated carbocycles. The summed E-state index contributed by atoms with van der Waals surface area (Å²) in [6, 6.07) is 0.374. The molecular formula is C23H30F3N3O7. The number of carbonyl (C=O) groups excluding carboxylic acids is 3. The second kappa shape index (κ2) is 14.2. The molecule has 10 nitrogen and oxygen atoms in total. The number of rotatable bonds is 8. The zero-order valence-electron chi connectivity index (χ0n) is 18.6. The molecule has 3 rings (SSSR count). The average Bonchev–Trinajstić information content (AvgIpc) is 3.38. The Morgan fingerprint density at radius 2 is 1.81 bits per heavy atom. The minimum atomic E-state index is -1.27. The first-order valence-corrected chi connectivity index (χ1v) is 10.6. The maximum absolute atomic E-state index is 13.7. The van der Waals surface area contributed by atoms with Crippen LogP contribution in [-0.4, -0.2) is 82.6 Å². The third kappa shape index (κ3) is 8.34. The van der Waals surface area contributed by atoms with Crippen molar-refractivity contribution in [2.45, 2.75) is 38.8 Å². The lowest BCUT2D eigenvalue weighted by molar-refractivity contribution is -0.136. The summed E-state index contributed by atoms with van der Waals surface area (Å²) >= 11 is 0. The smallest absolute Gasteiger partial charge is 0.331 e. The number of fused-ring (bicyclic) bond motifs is 1. The number of nitrogens with two attached hydrogens (primary N) is 1. The maximum Gasteiger partial charge on any atom is 0.331 e. The Morgan fingerprint density at radius 3 is 2.42 bits per heavy atom. The molecule has 0 bridgehead atoms. The fourth-order valence-corrected chi connectivity index (χ4v) is 4.12. The van der Waals surface area contributed by atoms with Crippen LogP contribution in [0.25, 0.3) is 0 Å². The van der Waals surface area contributed by atoms with Crippen LogP contribution in [0.15, 0.2) is 24.5 Å². The molecular weight excluding hydrogens is 487 g/mol. The molecule has 2 amide bonds. The van der Waals surface area contributed by atoms with Crippen molar-refractivity contribution in [1.82, 2.24) is 9.80 Å². The normalized spacial score (nSPS) is 19.1. The Labute approximate surface area is 206 Å². The van der Waals surface area contributed by atoms with Gasteiger partial charge in [-0.1, -0.05) is 7.43 Å². The highest BCUT2D eigenvalue weighted by atomic mass is 19.2. The van der Waals surface area contributed by atoms with Crippen LogP contribution in [0.4, 0.5) is 13.2 Å². The predicted octanol–water partition coefficient (Wildman–Crippen LogP) is 0.809. The van der Waals surface area contributed by atoms with Crippen LogP contribution in [0, 0.1) is 23.4 Å². The molecule has 200 valence electrons. The lowest BCUT2D eigenvalue weighted by Gasteiger charge is -2.26. The molecule has 1 aromatic carbocycles. The first kappa shape index (κ1) is 30.6. The first-order chi connectivity index (χ1) is 16.6. The summed E-state index contributed by atoms with van der Waals surface area (Å²) in [6.07, 6.45) is 2.11. The van der Waals surface area contributed by atoms with Gasteiger partial charge in [0.25, 0.3) is 6.47 Å². The zero-order chi connectivity index (χ0) is 26.1. The zero-order valence-corrected chi connectivity index (χ0v) is 18.6. The summed E-state index contributed by atoms with van der Waals surface area (Å²) in [6.45, 7) is 1.03. The number of carboxylic acid groups (broad SMARTS) is 1. The van der Waals surface area contributed by atoms with E-state index in [0.717, 1.165) is 18.7 Å². The number of hydrogen-bond donors (Lipinski definition) is 3. The minimum absolute atomic E-state index is 0. The molecule has 0 spiro atoms. The highest BCUT2D eigenvalue weighted by Gasteiger charge is 2.44. The van der Waals surface area contributed by atoms with E-state index >= 15 is 0 Å². The molecule has 36 heavy (non-hydrogen) atoms. The Bertz CT molecular complexity index is 977. The Morgan fingerprint density at radius 1 is 1.14 bits per heavy atom. The molecule has 2 saturated heterocycles. The Kier molecular flexibility index (Phi) is 12.1. The third-order valence-corrected chi connectivity index (χ3v) is 5.71. The van der Waals surface area contributed by atoms with E-state index in [9.17, 15) is 32.3 Å². The number of ether oxygens (including phenoxy) is 1. The van der Waals surface area contributed by atoms with Crippen molar-refractivity contribution in [2.24, 2.45) is 11.7 Å². The maximum atomic E-state index is 13.7. The van der Waals surface area contributed by atoms with Crippen molar-refractivity contribution < 1.29 is 47.3 Å². The molecule has 0 radical (unpaired) electrons. The van der Waals surface area contributed by atoms with Crippen LogP contribution in [-0.2, 0) is 30.3 Å². The number of aliphatic hydroxyl groups is 1. The predicted molar refractivity (Wildman–Crippen MR) is 121 cm³/mol. The summed E-state index contributed by atoms with van der Waals surface area (Å²) in [5, 5.41) is 16.8. The molecule has 4 N–H and O–H groups in total. The van der Waals surface area contributed by atoms with Crippen LogP contribution in [0.3, 0.4) is 0 Å². The van der Waals surface area contributed by atoms with Gasteiger partial charge >= 0.3 is 5.97 Å². The number of aliphatic hydroxyl groups excluding tert-OH is 1. The van der Waals surface area contributed by atoms with E-state index in [1.165, 1.54) is 0 Å². The topological polar surface area (TPSA) is 150 Å². The molecule has 0 aromatic heterocycles. The number of benzene rings is 1. The molecule has 13 heteroatoms. The number of nitrogens with zero attached hydrogens (tertiary/aromatic N) is 2. The van der Waals surface area contributed by atoms with E-state index in [0.29, 0.717) is 31.8 Å². The first-order valence-electron chi connectivity index (χ1n) is 10.6. The molecule has 0 aliphatic carbocycles. The van der Waals surface area contributed by atoms with Crippen molar-refractivity contribution in [1.29, 1.82) is 0 Å². The molecule has 0 unspecified atom stereocenters. The summed E-state index contributed by atoms with van der Waals surface area (Å²) in [7, 11) is 0. The fraction of sp³-hybridized carbons (Fsp3) is 0.478. The minimum Gasteiger partial charge on any atom is -0.478 e. The second-order valence-electron chi connectivity index (χ2n) is 8.06. The second-order valence-corrected chi connectivity index (χ2v) is 8.06. The highest BCUT2D eigenvalue weighted by Crippen LogP contribution is 2.32.